The molecule has 2 aromatic carbocycles. The Balaban J connectivity index is 2.15. The van der Waals surface area contributed by atoms with Gasteiger partial charge in [-0.2, -0.15) is 0 Å². The van der Waals surface area contributed by atoms with E-state index in [-0.39, 0.29) is 12.3 Å². The molecular formula is C17H20FNO5S. The number of rotatable bonds is 8. The van der Waals surface area contributed by atoms with Crippen molar-refractivity contribution in [2.75, 3.05) is 21.3 Å². The second-order valence-corrected chi connectivity index (χ2v) is 7.03. The van der Waals surface area contributed by atoms with Gasteiger partial charge in [0.2, 0.25) is 10.0 Å². The molecule has 0 aliphatic carbocycles. The minimum atomic E-state index is -3.61. The average Bonchev–Trinajstić information content (AvgIpc) is 2.61. The molecule has 0 saturated carbocycles. The van der Waals surface area contributed by atoms with Crippen LogP contribution >= 0.6 is 0 Å². The highest BCUT2D eigenvalue weighted by Gasteiger charge is 2.16. The molecule has 0 fully saturated rings. The third-order valence-corrected chi connectivity index (χ3v) is 4.84. The maximum absolute atomic E-state index is 12.9. The van der Waals surface area contributed by atoms with Crippen LogP contribution in [0.1, 0.15) is 11.1 Å². The first-order chi connectivity index (χ1) is 11.9. The molecule has 0 aromatic heterocycles. The van der Waals surface area contributed by atoms with Gasteiger partial charge in [0.15, 0.2) is 11.5 Å². The third-order valence-electron chi connectivity index (χ3n) is 3.54. The van der Waals surface area contributed by atoms with Crippen molar-refractivity contribution >= 4 is 10.0 Å². The van der Waals surface area contributed by atoms with Gasteiger partial charge in [-0.05, 0) is 23.8 Å². The highest BCUT2D eigenvalue weighted by atomic mass is 32.2. The highest BCUT2D eigenvalue weighted by Crippen LogP contribution is 2.34. The zero-order valence-electron chi connectivity index (χ0n) is 14.2. The Morgan fingerprint density at radius 1 is 0.920 bits per heavy atom. The van der Waals surface area contributed by atoms with Crippen molar-refractivity contribution in [3.63, 3.8) is 0 Å². The number of hydrogen-bond donors (Lipinski definition) is 1. The quantitative estimate of drug-likeness (QED) is 0.774. The zero-order chi connectivity index (χ0) is 18.4. The first-order valence-corrected chi connectivity index (χ1v) is 9.04. The molecule has 0 bridgehead atoms. The van der Waals surface area contributed by atoms with Crippen molar-refractivity contribution in [1.29, 1.82) is 0 Å². The van der Waals surface area contributed by atoms with E-state index in [4.69, 9.17) is 14.2 Å². The van der Waals surface area contributed by atoms with Gasteiger partial charge in [0.1, 0.15) is 11.6 Å². The molecule has 0 spiro atoms. The molecule has 0 unspecified atom stereocenters. The fraction of sp³-hybridized carbons (Fsp3) is 0.294. The maximum Gasteiger partial charge on any atom is 0.216 e. The SMILES string of the molecule is COc1cc(OC)c(OC)cc1CNS(=O)(=O)Cc1ccc(F)cc1. The average molecular weight is 369 g/mol. The summed E-state index contributed by atoms with van der Waals surface area (Å²) in [6.45, 7) is 0.0209. The standard InChI is InChI=1S/C17H20FNO5S/c1-22-15-9-17(24-3)16(23-2)8-13(15)10-19-25(20,21)11-12-4-6-14(18)7-5-12/h4-9,19H,10-11H2,1-3H3. The molecule has 0 atom stereocenters. The Labute approximate surface area is 146 Å². The Morgan fingerprint density at radius 2 is 1.48 bits per heavy atom. The first kappa shape index (κ1) is 19.0. The van der Waals surface area contributed by atoms with Gasteiger partial charge in [-0.15, -0.1) is 0 Å². The molecule has 6 nitrogen and oxygen atoms in total. The largest absolute Gasteiger partial charge is 0.496 e. The number of halogens is 1. The molecule has 0 amide bonds. The Morgan fingerprint density at radius 3 is 2.04 bits per heavy atom. The number of benzene rings is 2. The number of sulfonamides is 1. The highest BCUT2D eigenvalue weighted by molar-refractivity contribution is 7.88. The van der Waals surface area contributed by atoms with Gasteiger partial charge in [0.25, 0.3) is 0 Å². The van der Waals surface area contributed by atoms with E-state index >= 15 is 0 Å². The normalized spacial score (nSPS) is 11.2. The van der Waals surface area contributed by atoms with Crippen molar-refractivity contribution in [2.45, 2.75) is 12.3 Å². The van der Waals surface area contributed by atoms with Crippen LogP contribution in [0.25, 0.3) is 0 Å². The summed E-state index contributed by atoms with van der Waals surface area (Å²) in [5, 5.41) is 0. The Hall–Kier alpha value is -2.32. The van der Waals surface area contributed by atoms with Crippen LogP contribution in [0.4, 0.5) is 4.39 Å². The Kier molecular flexibility index (Phi) is 6.22. The predicted octanol–water partition coefficient (Wildman–Crippen LogP) is 2.47. The summed E-state index contributed by atoms with van der Waals surface area (Å²) in [5.74, 6) is 0.766. The van der Waals surface area contributed by atoms with Crippen LogP contribution in [0, 0.1) is 5.82 Å². The number of methoxy groups -OCH3 is 3. The summed E-state index contributed by atoms with van der Waals surface area (Å²) in [6, 6.07) is 8.60. The van der Waals surface area contributed by atoms with Crippen molar-refractivity contribution in [1.82, 2.24) is 4.72 Å². The van der Waals surface area contributed by atoms with E-state index in [1.807, 2.05) is 0 Å². The zero-order valence-corrected chi connectivity index (χ0v) is 15.0. The molecule has 0 aliphatic rings. The summed E-state index contributed by atoms with van der Waals surface area (Å²) in [4.78, 5) is 0. The van der Waals surface area contributed by atoms with Gasteiger partial charge in [-0.25, -0.2) is 17.5 Å². The predicted molar refractivity (Wildman–Crippen MR) is 92.0 cm³/mol. The molecule has 0 heterocycles. The van der Waals surface area contributed by atoms with Crippen LogP contribution in [-0.4, -0.2) is 29.7 Å². The lowest BCUT2D eigenvalue weighted by atomic mass is 10.1. The molecule has 0 aliphatic heterocycles. The minimum Gasteiger partial charge on any atom is -0.496 e. The molecule has 0 saturated heterocycles. The topological polar surface area (TPSA) is 73.9 Å². The van der Waals surface area contributed by atoms with Gasteiger partial charge in [-0.1, -0.05) is 12.1 Å². The molecule has 2 aromatic rings. The smallest absolute Gasteiger partial charge is 0.216 e. The van der Waals surface area contributed by atoms with Crippen molar-refractivity contribution < 1.29 is 27.0 Å². The Bertz CT molecular complexity index is 822. The summed E-state index contributed by atoms with van der Waals surface area (Å²) >= 11 is 0. The van der Waals surface area contributed by atoms with Gasteiger partial charge < -0.3 is 14.2 Å². The molecule has 1 N–H and O–H groups in total. The molecule has 136 valence electrons. The van der Waals surface area contributed by atoms with E-state index in [1.54, 1.807) is 12.1 Å². The van der Waals surface area contributed by atoms with Crippen molar-refractivity contribution in [3.05, 3.63) is 53.3 Å². The van der Waals surface area contributed by atoms with E-state index < -0.39 is 15.8 Å². The van der Waals surface area contributed by atoms with Gasteiger partial charge in [0.05, 0.1) is 27.1 Å². The van der Waals surface area contributed by atoms with Crippen molar-refractivity contribution in [2.24, 2.45) is 0 Å². The molecule has 0 radical (unpaired) electrons. The number of nitrogens with one attached hydrogen (secondary N) is 1. The molecule has 2 rings (SSSR count). The fourth-order valence-electron chi connectivity index (χ4n) is 2.27. The van der Waals surface area contributed by atoms with Gasteiger partial charge in [0, 0.05) is 18.2 Å². The van der Waals surface area contributed by atoms with Crippen LogP contribution in [0.3, 0.4) is 0 Å². The third kappa shape index (κ3) is 5.07. The summed E-state index contributed by atoms with van der Waals surface area (Å²) in [5.41, 5.74) is 1.09. The molecular weight excluding hydrogens is 349 g/mol. The summed E-state index contributed by atoms with van der Waals surface area (Å²) in [6.07, 6.45) is 0. The monoisotopic (exact) mass is 369 g/mol. The van der Waals surface area contributed by atoms with E-state index in [0.717, 1.165) is 0 Å². The molecule has 8 heteroatoms. The van der Waals surface area contributed by atoms with Crippen molar-refractivity contribution in [3.8, 4) is 17.2 Å². The lowest BCUT2D eigenvalue weighted by Crippen LogP contribution is -2.25. The first-order valence-electron chi connectivity index (χ1n) is 7.39. The second kappa shape index (κ2) is 8.17. The van der Waals surface area contributed by atoms with E-state index in [9.17, 15) is 12.8 Å². The maximum atomic E-state index is 12.9. The van der Waals surface area contributed by atoms with Gasteiger partial charge >= 0.3 is 0 Å². The number of ether oxygens (including phenoxy) is 3. The fourth-order valence-corrected chi connectivity index (χ4v) is 3.38. The van der Waals surface area contributed by atoms with Crippen LogP contribution in [0.5, 0.6) is 17.2 Å². The lowest BCUT2D eigenvalue weighted by Gasteiger charge is -2.14. The summed E-state index contributed by atoms with van der Waals surface area (Å²) < 4.78 is 55.6. The van der Waals surface area contributed by atoms with Gasteiger partial charge in [-0.3, -0.25) is 0 Å². The van der Waals surface area contributed by atoms with Crippen LogP contribution in [-0.2, 0) is 22.3 Å². The summed E-state index contributed by atoms with van der Waals surface area (Å²) in [7, 11) is 0.873. The minimum absolute atomic E-state index is 0.0209. The lowest BCUT2D eigenvalue weighted by molar-refractivity contribution is 0.347. The number of hydrogen-bond acceptors (Lipinski definition) is 5. The molecule has 25 heavy (non-hydrogen) atoms. The van der Waals surface area contributed by atoms with E-state index in [1.165, 1.54) is 45.6 Å². The van der Waals surface area contributed by atoms with Crippen LogP contribution < -0.4 is 18.9 Å². The van der Waals surface area contributed by atoms with Crippen LogP contribution in [0.15, 0.2) is 36.4 Å². The van der Waals surface area contributed by atoms with E-state index in [0.29, 0.717) is 28.4 Å². The van der Waals surface area contributed by atoms with Crippen LogP contribution in [0.2, 0.25) is 0 Å². The van der Waals surface area contributed by atoms with E-state index in [2.05, 4.69) is 4.72 Å². The second-order valence-electron chi connectivity index (χ2n) is 5.23.